The van der Waals surface area contributed by atoms with Crippen molar-refractivity contribution in [2.24, 2.45) is 0 Å². The summed E-state index contributed by atoms with van der Waals surface area (Å²) in [5.74, 6) is 0. The van der Waals surface area contributed by atoms with Crippen LogP contribution in [0.25, 0.3) is 0 Å². The van der Waals surface area contributed by atoms with Crippen LogP contribution in [0.5, 0.6) is 0 Å². The first-order chi connectivity index (χ1) is 21.7. The molecule has 242 valence electrons. The van der Waals surface area contributed by atoms with Crippen molar-refractivity contribution in [1.82, 2.24) is 0 Å². The third-order valence-electron chi connectivity index (χ3n) is 8.70. The summed E-state index contributed by atoms with van der Waals surface area (Å²) in [6.45, 7) is 4.24. The van der Waals surface area contributed by atoms with Crippen LogP contribution in [-0.4, -0.2) is 41.6 Å². The Balaban J connectivity index is 1.54. The van der Waals surface area contributed by atoms with Crippen molar-refractivity contribution in [3.63, 3.8) is 0 Å². The molecule has 0 spiro atoms. The number of hydrogen-bond donors (Lipinski definition) is 0. The fourth-order valence-corrected chi connectivity index (χ4v) is 6.75. The van der Waals surface area contributed by atoms with Gasteiger partial charge in [0.2, 0.25) is 0 Å². The van der Waals surface area contributed by atoms with Crippen molar-refractivity contribution in [3.8, 4) is 0 Å². The lowest BCUT2D eigenvalue weighted by molar-refractivity contribution is -0.241. The van der Waals surface area contributed by atoms with Crippen molar-refractivity contribution >= 4 is 10.2 Å². The SMILES string of the molecule is CCCCCCCCCCCCCCC(OCCc1ccccc1)C([SiH3])(OCCc1ccccc1)OCCc1ccccc1. The monoisotopic (exact) mass is 616 g/mol. The van der Waals surface area contributed by atoms with Crippen LogP contribution in [0.3, 0.4) is 0 Å². The van der Waals surface area contributed by atoms with Gasteiger partial charge >= 0.3 is 0 Å². The van der Waals surface area contributed by atoms with Crippen LogP contribution in [0.15, 0.2) is 91.0 Å². The Bertz CT molecular complexity index is 1010. The second-order valence-electron chi connectivity index (χ2n) is 12.5. The van der Waals surface area contributed by atoms with Crippen LogP contribution in [0.4, 0.5) is 0 Å². The Kier molecular flexibility index (Phi) is 19.1. The van der Waals surface area contributed by atoms with Gasteiger partial charge in [-0.25, -0.2) is 0 Å². The molecular weight excluding hydrogens is 557 g/mol. The molecule has 0 aliphatic heterocycles. The second kappa shape index (κ2) is 23.1. The summed E-state index contributed by atoms with van der Waals surface area (Å²) in [5, 5.41) is 0. The fourth-order valence-electron chi connectivity index (χ4n) is 5.89. The van der Waals surface area contributed by atoms with E-state index in [1.54, 1.807) is 0 Å². The molecule has 3 aromatic carbocycles. The lowest BCUT2D eigenvalue weighted by atomic mass is 10.0. The maximum Gasteiger partial charge on any atom is 0.166 e. The van der Waals surface area contributed by atoms with Gasteiger partial charge in [0.25, 0.3) is 0 Å². The second-order valence-corrected chi connectivity index (χ2v) is 13.9. The molecule has 0 aliphatic rings. The lowest BCUT2D eigenvalue weighted by Gasteiger charge is -2.38. The Morgan fingerprint density at radius 1 is 0.500 bits per heavy atom. The van der Waals surface area contributed by atoms with Crippen LogP contribution in [0.2, 0.25) is 0 Å². The Morgan fingerprint density at radius 2 is 0.864 bits per heavy atom. The summed E-state index contributed by atoms with van der Waals surface area (Å²) < 4.78 is 20.1. The normalized spacial score (nSPS) is 12.5. The standard InChI is InChI=1S/C40H60O3Si/c1-2-3-4-5-6-7-8-9-10-11-12-22-29-39(41-33-30-36-23-16-13-17-24-36)40(44,42-34-31-37-25-18-14-19-26-37)43-35-32-38-27-20-15-21-28-38/h13-21,23-28,39H,2-12,22,29-35H2,1,44H3. The molecule has 0 heterocycles. The quantitative estimate of drug-likeness (QED) is 0.0511. The Morgan fingerprint density at radius 3 is 1.27 bits per heavy atom. The molecule has 0 amide bonds. The molecule has 0 aliphatic carbocycles. The lowest BCUT2D eigenvalue weighted by Crippen LogP contribution is -2.50. The van der Waals surface area contributed by atoms with Crippen molar-refractivity contribution in [2.75, 3.05) is 19.8 Å². The van der Waals surface area contributed by atoms with Gasteiger partial charge in [-0.2, -0.15) is 0 Å². The molecule has 4 heteroatoms. The molecule has 1 unspecified atom stereocenters. The third kappa shape index (κ3) is 15.7. The number of benzene rings is 3. The topological polar surface area (TPSA) is 27.7 Å². The highest BCUT2D eigenvalue weighted by Gasteiger charge is 2.36. The highest BCUT2D eigenvalue weighted by Crippen LogP contribution is 2.25. The van der Waals surface area contributed by atoms with Gasteiger partial charge in [-0.05, 0) is 42.4 Å². The molecule has 0 N–H and O–H groups in total. The first-order valence-corrected chi connectivity index (χ1v) is 18.7. The highest BCUT2D eigenvalue weighted by molar-refractivity contribution is 6.13. The predicted octanol–water partition coefficient (Wildman–Crippen LogP) is 9.24. The molecule has 3 nitrogen and oxygen atoms in total. The van der Waals surface area contributed by atoms with E-state index in [0.29, 0.717) is 19.8 Å². The molecule has 0 aromatic heterocycles. The van der Waals surface area contributed by atoms with Gasteiger partial charge in [0.05, 0.1) is 30.1 Å². The number of ether oxygens (including phenoxy) is 3. The van der Waals surface area contributed by atoms with Crippen molar-refractivity contribution in [1.29, 1.82) is 0 Å². The van der Waals surface area contributed by atoms with E-state index in [2.05, 4.69) is 97.9 Å². The molecule has 0 radical (unpaired) electrons. The Labute approximate surface area is 272 Å². The fraction of sp³-hybridized carbons (Fsp3) is 0.550. The van der Waals surface area contributed by atoms with Crippen molar-refractivity contribution in [3.05, 3.63) is 108 Å². The Hall–Kier alpha value is -2.24. The van der Waals surface area contributed by atoms with Crippen LogP contribution in [0, 0.1) is 0 Å². The minimum atomic E-state index is -0.669. The maximum absolute atomic E-state index is 6.71. The van der Waals surface area contributed by atoms with Crippen LogP contribution in [-0.2, 0) is 33.5 Å². The first-order valence-electron chi connectivity index (χ1n) is 17.7. The summed E-state index contributed by atoms with van der Waals surface area (Å²) in [5.41, 5.74) is 3.23. The van der Waals surface area contributed by atoms with Crippen LogP contribution in [0.1, 0.15) is 107 Å². The molecule has 3 aromatic rings. The summed E-state index contributed by atoms with van der Waals surface area (Å²) in [4.78, 5) is 0. The van der Waals surface area contributed by atoms with E-state index in [9.17, 15) is 0 Å². The maximum atomic E-state index is 6.71. The van der Waals surface area contributed by atoms with Gasteiger partial charge in [-0.1, -0.05) is 175 Å². The van der Waals surface area contributed by atoms with Gasteiger partial charge in [-0.3, -0.25) is 0 Å². The highest BCUT2D eigenvalue weighted by atomic mass is 28.1. The minimum Gasteiger partial charge on any atom is -0.373 e. The van der Waals surface area contributed by atoms with E-state index in [-0.39, 0.29) is 6.10 Å². The zero-order chi connectivity index (χ0) is 31.0. The number of hydrogen-bond acceptors (Lipinski definition) is 3. The summed E-state index contributed by atoms with van der Waals surface area (Å²) in [6, 6.07) is 31.9. The van der Waals surface area contributed by atoms with Gasteiger partial charge in [-0.15, -0.1) is 0 Å². The van der Waals surface area contributed by atoms with Crippen molar-refractivity contribution < 1.29 is 14.2 Å². The summed E-state index contributed by atoms with van der Waals surface area (Å²) >= 11 is 0. The molecule has 44 heavy (non-hydrogen) atoms. The van der Waals surface area contributed by atoms with Gasteiger partial charge in [0, 0.05) is 0 Å². The van der Waals surface area contributed by atoms with Gasteiger partial charge < -0.3 is 14.2 Å². The van der Waals surface area contributed by atoms with E-state index >= 15 is 0 Å². The van der Waals surface area contributed by atoms with Gasteiger partial charge in [0.15, 0.2) is 5.41 Å². The predicted molar refractivity (Wildman–Crippen MR) is 190 cm³/mol. The van der Waals surface area contributed by atoms with Crippen LogP contribution < -0.4 is 0 Å². The zero-order valence-electron chi connectivity index (χ0n) is 27.9. The average molecular weight is 617 g/mol. The summed E-state index contributed by atoms with van der Waals surface area (Å²) in [7, 11) is 0.743. The van der Waals surface area contributed by atoms with E-state index in [4.69, 9.17) is 14.2 Å². The van der Waals surface area contributed by atoms with Crippen LogP contribution >= 0.6 is 0 Å². The third-order valence-corrected chi connectivity index (χ3v) is 9.92. The largest absolute Gasteiger partial charge is 0.373 e. The average Bonchev–Trinajstić information content (AvgIpc) is 3.06. The minimum absolute atomic E-state index is 0.0625. The summed E-state index contributed by atoms with van der Waals surface area (Å²) in [6.07, 6.45) is 19.8. The van der Waals surface area contributed by atoms with E-state index in [1.807, 2.05) is 0 Å². The molecule has 0 saturated heterocycles. The zero-order valence-corrected chi connectivity index (χ0v) is 29.9. The van der Waals surface area contributed by atoms with Crippen molar-refractivity contribution in [2.45, 2.75) is 121 Å². The van der Waals surface area contributed by atoms with E-state index in [1.165, 1.54) is 87.3 Å². The number of unbranched alkanes of at least 4 members (excludes halogenated alkanes) is 11. The molecular formula is C40H60O3Si. The van der Waals surface area contributed by atoms with E-state index in [0.717, 1.165) is 42.3 Å². The van der Waals surface area contributed by atoms with Gasteiger partial charge in [0.1, 0.15) is 6.10 Å². The molecule has 1 atom stereocenters. The number of rotatable bonds is 26. The molecule has 0 fully saturated rings. The molecule has 3 rings (SSSR count). The molecule has 0 bridgehead atoms. The molecule has 0 saturated carbocycles. The smallest absolute Gasteiger partial charge is 0.166 e. The van der Waals surface area contributed by atoms with E-state index < -0.39 is 5.41 Å². The first kappa shape index (κ1) is 36.2.